The monoisotopic (exact) mass is 568 g/mol. The minimum Gasteiger partial charge on any atom is -0.316 e. The highest BCUT2D eigenvalue weighted by molar-refractivity contribution is 7.92. The summed E-state index contributed by atoms with van der Waals surface area (Å²) < 4.78 is 28.0. The lowest BCUT2D eigenvalue weighted by Crippen LogP contribution is -2.29. The number of hydrogen-bond acceptors (Lipinski definition) is 4. The van der Waals surface area contributed by atoms with Crippen LogP contribution in [0.2, 0.25) is 10.0 Å². The fraction of sp³-hybridized carbons (Fsp3) is 0.143. The number of rotatable bonds is 8. The Morgan fingerprint density at radius 3 is 2.34 bits per heavy atom. The second-order valence-corrected chi connectivity index (χ2v) is 11.5. The summed E-state index contributed by atoms with van der Waals surface area (Å²) in [6.45, 7) is 4.03. The lowest BCUT2D eigenvalue weighted by molar-refractivity contribution is 0.0955. The second kappa shape index (κ2) is 11.4. The third-order valence-corrected chi connectivity index (χ3v) is 7.67. The number of carbonyl (C=O) groups excluding carboxylic acids is 1. The molecule has 4 rings (SSSR count). The van der Waals surface area contributed by atoms with E-state index in [1.807, 2.05) is 30.5 Å². The molecule has 0 radical (unpaired) electrons. The Balaban J connectivity index is 1.45. The van der Waals surface area contributed by atoms with Crippen LogP contribution in [0.15, 0.2) is 84.0 Å². The summed E-state index contributed by atoms with van der Waals surface area (Å²) in [6.07, 6.45) is 2.74. The summed E-state index contributed by atoms with van der Waals surface area (Å²) in [4.78, 5) is 12.6. The summed E-state index contributed by atoms with van der Waals surface area (Å²) in [5.74, 6) is -0.387. The van der Waals surface area contributed by atoms with Crippen molar-refractivity contribution in [2.24, 2.45) is 5.10 Å². The molecule has 0 bridgehead atoms. The number of amides is 1. The molecular weight excluding hydrogens is 543 g/mol. The molecule has 0 fully saturated rings. The maximum absolute atomic E-state index is 12.6. The van der Waals surface area contributed by atoms with Crippen LogP contribution in [0, 0.1) is 13.8 Å². The number of anilines is 1. The van der Waals surface area contributed by atoms with E-state index in [4.69, 9.17) is 23.2 Å². The van der Waals surface area contributed by atoms with E-state index in [0.29, 0.717) is 21.3 Å². The van der Waals surface area contributed by atoms with Crippen molar-refractivity contribution in [3.63, 3.8) is 0 Å². The zero-order valence-electron chi connectivity index (χ0n) is 21.0. The molecular formula is C28H26Cl2N4O3S. The number of para-hydroxylation sites is 1. The van der Waals surface area contributed by atoms with Crippen molar-refractivity contribution in [3.8, 4) is 5.69 Å². The normalized spacial score (nSPS) is 11.6. The Labute approximate surface area is 232 Å². The van der Waals surface area contributed by atoms with Gasteiger partial charge in [-0.2, -0.15) is 5.10 Å². The maximum atomic E-state index is 12.6. The van der Waals surface area contributed by atoms with Gasteiger partial charge in [0.1, 0.15) is 0 Å². The molecule has 10 heteroatoms. The van der Waals surface area contributed by atoms with Gasteiger partial charge in [-0.3, -0.25) is 9.10 Å². The first-order chi connectivity index (χ1) is 18.0. The molecule has 1 N–H and O–H groups in total. The molecule has 7 nitrogen and oxygen atoms in total. The summed E-state index contributed by atoms with van der Waals surface area (Å²) in [6, 6.07) is 22.8. The number of hydrazone groups is 1. The van der Waals surface area contributed by atoms with Gasteiger partial charge in [-0.05, 0) is 67.9 Å². The fourth-order valence-corrected chi connectivity index (χ4v) is 5.35. The van der Waals surface area contributed by atoms with E-state index >= 15 is 0 Å². The molecule has 0 atom stereocenters. The van der Waals surface area contributed by atoms with E-state index in [1.165, 1.54) is 10.6 Å². The maximum Gasteiger partial charge on any atom is 0.271 e. The zero-order valence-corrected chi connectivity index (χ0v) is 23.3. The van der Waals surface area contributed by atoms with E-state index in [9.17, 15) is 13.2 Å². The molecule has 0 spiro atoms. The number of aryl methyl sites for hydroxylation is 1. The van der Waals surface area contributed by atoms with Crippen LogP contribution >= 0.6 is 23.2 Å². The molecule has 0 saturated carbocycles. The van der Waals surface area contributed by atoms with Gasteiger partial charge in [0.05, 0.1) is 35.4 Å². The molecule has 196 valence electrons. The summed E-state index contributed by atoms with van der Waals surface area (Å²) in [5, 5.41) is 5.27. The van der Waals surface area contributed by atoms with Crippen LogP contribution < -0.4 is 9.73 Å². The summed E-state index contributed by atoms with van der Waals surface area (Å²) in [7, 11) is -3.49. The van der Waals surface area contributed by atoms with E-state index in [0.717, 1.165) is 28.2 Å². The number of halogens is 2. The van der Waals surface area contributed by atoms with Crippen LogP contribution in [0.25, 0.3) is 5.69 Å². The number of carbonyl (C=O) groups is 1. The van der Waals surface area contributed by atoms with Gasteiger partial charge >= 0.3 is 0 Å². The molecule has 1 aromatic heterocycles. The minimum atomic E-state index is -3.49. The Morgan fingerprint density at radius 1 is 1.00 bits per heavy atom. The van der Waals surface area contributed by atoms with Gasteiger partial charge < -0.3 is 4.57 Å². The first kappa shape index (κ1) is 27.4. The van der Waals surface area contributed by atoms with Gasteiger partial charge in [0, 0.05) is 27.5 Å². The van der Waals surface area contributed by atoms with Gasteiger partial charge in [-0.25, -0.2) is 13.8 Å². The van der Waals surface area contributed by atoms with E-state index in [1.54, 1.807) is 72.9 Å². The van der Waals surface area contributed by atoms with Crippen molar-refractivity contribution >= 4 is 51.0 Å². The van der Waals surface area contributed by atoms with Crippen LogP contribution in [-0.4, -0.2) is 31.4 Å². The number of benzene rings is 3. The quantitative estimate of drug-likeness (QED) is 0.205. The Hall–Kier alpha value is -3.59. The fourth-order valence-electron chi connectivity index (χ4n) is 4.09. The Morgan fingerprint density at radius 2 is 1.68 bits per heavy atom. The third kappa shape index (κ3) is 6.27. The zero-order chi connectivity index (χ0) is 27.4. The highest BCUT2D eigenvalue weighted by Gasteiger charge is 2.18. The molecule has 1 amide bonds. The van der Waals surface area contributed by atoms with Crippen LogP contribution in [0.1, 0.15) is 32.9 Å². The predicted octanol–water partition coefficient (Wildman–Crippen LogP) is 6.13. The second-order valence-electron chi connectivity index (χ2n) is 8.76. The van der Waals surface area contributed by atoms with Crippen molar-refractivity contribution in [2.45, 2.75) is 20.4 Å². The standard InChI is InChI=1S/C28H26Cl2N4O3S/c1-19-15-23(20(2)34(19)27-16-24(29)13-14-26(27)30)17-31-32-28(35)22-11-9-21(10-12-22)18-33(38(3,36)37)25-7-5-4-6-8-25/h4-17H,18H2,1-3H3,(H,32,35)/b31-17+. The van der Waals surface area contributed by atoms with Crippen LogP contribution in [0.3, 0.4) is 0 Å². The van der Waals surface area contributed by atoms with Crippen molar-refractivity contribution in [3.05, 3.63) is 117 Å². The number of nitrogens with zero attached hydrogens (tertiary/aromatic N) is 3. The largest absolute Gasteiger partial charge is 0.316 e. The van der Waals surface area contributed by atoms with Crippen LogP contribution in [-0.2, 0) is 16.6 Å². The first-order valence-corrected chi connectivity index (χ1v) is 14.2. The lowest BCUT2D eigenvalue weighted by atomic mass is 10.1. The molecule has 1 heterocycles. The number of aromatic nitrogens is 1. The van der Waals surface area contributed by atoms with Crippen LogP contribution in [0.4, 0.5) is 5.69 Å². The van der Waals surface area contributed by atoms with Gasteiger partial charge in [-0.1, -0.05) is 53.5 Å². The number of hydrogen-bond donors (Lipinski definition) is 1. The highest BCUT2D eigenvalue weighted by atomic mass is 35.5. The Bertz CT molecular complexity index is 1600. The van der Waals surface area contributed by atoms with E-state index < -0.39 is 10.0 Å². The van der Waals surface area contributed by atoms with Crippen molar-refractivity contribution < 1.29 is 13.2 Å². The minimum absolute atomic E-state index is 0.148. The van der Waals surface area contributed by atoms with Crippen LogP contribution in [0.5, 0.6) is 0 Å². The van der Waals surface area contributed by atoms with Crippen molar-refractivity contribution in [1.29, 1.82) is 0 Å². The molecule has 0 saturated heterocycles. The van der Waals surface area contributed by atoms with Crippen molar-refractivity contribution in [1.82, 2.24) is 9.99 Å². The molecule has 38 heavy (non-hydrogen) atoms. The average Bonchev–Trinajstić information content (AvgIpc) is 3.16. The van der Waals surface area contributed by atoms with Gasteiger partial charge in [0.2, 0.25) is 10.0 Å². The van der Waals surface area contributed by atoms with E-state index in [-0.39, 0.29) is 12.5 Å². The number of nitrogens with one attached hydrogen (secondary N) is 1. The van der Waals surface area contributed by atoms with Gasteiger partial charge in [0.25, 0.3) is 5.91 Å². The smallest absolute Gasteiger partial charge is 0.271 e. The predicted molar refractivity (Wildman–Crippen MR) is 154 cm³/mol. The molecule has 0 aliphatic rings. The molecule has 4 aromatic rings. The molecule has 0 unspecified atom stereocenters. The number of sulfonamides is 1. The molecule has 0 aliphatic heterocycles. The topological polar surface area (TPSA) is 83.8 Å². The third-order valence-electron chi connectivity index (χ3n) is 5.98. The van der Waals surface area contributed by atoms with Gasteiger partial charge in [0.15, 0.2) is 0 Å². The molecule has 0 aliphatic carbocycles. The lowest BCUT2D eigenvalue weighted by Gasteiger charge is -2.22. The summed E-state index contributed by atoms with van der Waals surface area (Å²) >= 11 is 12.5. The highest BCUT2D eigenvalue weighted by Crippen LogP contribution is 2.28. The first-order valence-electron chi connectivity index (χ1n) is 11.6. The van der Waals surface area contributed by atoms with E-state index in [2.05, 4.69) is 10.5 Å². The summed E-state index contributed by atoms with van der Waals surface area (Å²) in [5.41, 5.74) is 7.66. The van der Waals surface area contributed by atoms with Gasteiger partial charge in [-0.15, -0.1) is 0 Å². The average molecular weight is 570 g/mol. The van der Waals surface area contributed by atoms with Crippen molar-refractivity contribution in [2.75, 3.05) is 10.6 Å². The molecule has 3 aromatic carbocycles. The Kier molecular flexibility index (Phi) is 8.26. The SMILES string of the molecule is Cc1cc(/C=N/NC(=O)c2ccc(CN(c3ccccc3)S(C)(=O)=O)cc2)c(C)n1-c1cc(Cl)ccc1Cl.